The summed E-state index contributed by atoms with van der Waals surface area (Å²) in [5, 5.41) is 4.45. The fraction of sp³-hybridized carbons (Fsp3) is 0.167. The Bertz CT molecular complexity index is 1260. The van der Waals surface area contributed by atoms with E-state index in [1.165, 1.54) is 18.3 Å². The van der Waals surface area contributed by atoms with Crippen LogP contribution in [0, 0.1) is 13.8 Å². The van der Waals surface area contributed by atoms with E-state index in [1.807, 2.05) is 37.4 Å². The van der Waals surface area contributed by atoms with E-state index >= 15 is 0 Å². The van der Waals surface area contributed by atoms with Crippen molar-refractivity contribution < 1.29 is 13.2 Å². The molecule has 3 rings (SSSR count). The Morgan fingerprint density at radius 1 is 1.06 bits per heavy atom. The van der Waals surface area contributed by atoms with Crippen LogP contribution in [0.25, 0.3) is 0 Å². The van der Waals surface area contributed by atoms with E-state index < -0.39 is 22.5 Å². The third kappa shape index (κ3) is 6.37. The van der Waals surface area contributed by atoms with Gasteiger partial charge in [-0.1, -0.05) is 41.4 Å². The largest absolute Gasteiger partial charge is 0.271 e. The summed E-state index contributed by atoms with van der Waals surface area (Å²) in [4.78, 5) is 13.9. The number of thioether (sulfide) groups is 1. The SMILES string of the molecule is CSc1ccc(/C=N\NC(=O)CN(c2ccc(Cl)cc2C)S(=O)(=O)c2ccc(C)cc2)cc1. The number of benzene rings is 3. The number of carbonyl (C=O) groups is 1. The lowest BCUT2D eigenvalue weighted by molar-refractivity contribution is -0.119. The lowest BCUT2D eigenvalue weighted by Gasteiger charge is -2.25. The van der Waals surface area contributed by atoms with Gasteiger partial charge in [0.25, 0.3) is 15.9 Å². The fourth-order valence-electron chi connectivity index (χ4n) is 3.07. The van der Waals surface area contributed by atoms with Gasteiger partial charge >= 0.3 is 0 Å². The molecule has 6 nitrogen and oxygen atoms in total. The zero-order valence-corrected chi connectivity index (χ0v) is 20.8. The molecular formula is C24H24ClN3O3S2. The summed E-state index contributed by atoms with van der Waals surface area (Å²) >= 11 is 7.68. The van der Waals surface area contributed by atoms with Gasteiger partial charge in [-0.2, -0.15) is 5.10 Å². The molecule has 0 saturated carbocycles. The molecule has 0 aromatic heterocycles. The van der Waals surface area contributed by atoms with Gasteiger partial charge in [-0.3, -0.25) is 9.10 Å². The molecule has 0 bridgehead atoms. The highest BCUT2D eigenvalue weighted by Crippen LogP contribution is 2.29. The van der Waals surface area contributed by atoms with Crippen LogP contribution in [0.1, 0.15) is 16.7 Å². The Labute approximate surface area is 203 Å². The number of nitrogens with zero attached hydrogens (tertiary/aromatic N) is 2. The van der Waals surface area contributed by atoms with Crippen LogP contribution in [0.2, 0.25) is 5.02 Å². The number of halogens is 1. The highest BCUT2D eigenvalue weighted by Gasteiger charge is 2.28. The Morgan fingerprint density at radius 2 is 1.73 bits per heavy atom. The minimum absolute atomic E-state index is 0.0904. The molecule has 0 aliphatic heterocycles. The first-order valence-corrected chi connectivity index (χ1v) is 13.1. The number of nitrogens with one attached hydrogen (secondary N) is 1. The maximum absolute atomic E-state index is 13.4. The van der Waals surface area contributed by atoms with Crippen molar-refractivity contribution in [2.24, 2.45) is 5.10 Å². The van der Waals surface area contributed by atoms with Gasteiger partial charge in [-0.15, -0.1) is 11.8 Å². The normalized spacial score (nSPS) is 11.5. The molecule has 0 aliphatic rings. The van der Waals surface area contributed by atoms with Crippen molar-refractivity contribution in [1.82, 2.24) is 5.43 Å². The molecule has 0 radical (unpaired) electrons. The number of hydrazone groups is 1. The minimum Gasteiger partial charge on any atom is -0.271 e. The predicted molar refractivity (Wildman–Crippen MR) is 136 cm³/mol. The maximum atomic E-state index is 13.4. The molecule has 0 saturated heterocycles. The van der Waals surface area contributed by atoms with Crippen LogP contribution in [0.15, 0.2) is 81.6 Å². The van der Waals surface area contributed by atoms with E-state index in [2.05, 4.69) is 10.5 Å². The van der Waals surface area contributed by atoms with Crippen molar-refractivity contribution >= 4 is 51.2 Å². The molecular weight excluding hydrogens is 478 g/mol. The van der Waals surface area contributed by atoms with Crippen molar-refractivity contribution in [3.8, 4) is 0 Å². The van der Waals surface area contributed by atoms with Gasteiger partial charge in [0.05, 0.1) is 16.8 Å². The number of amides is 1. The van der Waals surface area contributed by atoms with E-state index in [9.17, 15) is 13.2 Å². The van der Waals surface area contributed by atoms with Crippen LogP contribution in [0.4, 0.5) is 5.69 Å². The summed E-state index contributed by atoms with van der Waals surface area (Å²) in [7, 11) is -4.01. The summed E-state index contributed by atoms with van der Waals surface area (Å²) < 4.78 is 28.0. The van der Waals surface area contributed by atoms with Crippen molar-refractivity contribution in [1.29, 1.82) is 0 Å². The number of hydrogen-bond acceptors (Lipinski definition) is 5. The van der Waals surface area contributed by atoms with Gasteiger partial charge in [0.15, 0.2) is 0 Å². The van der Waals surface area contributed by atoms with Crippen LogP contribution in [0.3, 0.4) is 0 Å². The lowest BCUT2D eigenvalue weighted by Crippen LogP contribution is -2.40. The molecule has 0 heterocycles. The van der Waals surface area contributed by atoms with Crippen molar-refractivity contribution in [3.05, 3.63) is 88.4 Å². The quantitative estimate of drug-likeness (QED) is 0.267. The van der Waals surface area contributed by atoms with Gasteiger partial charge < -0.3 is 0 Å². The smallest absolute Gasteiger partial charge is 0.264 e. The molecule has 0 fully saturated rings. The molecule has 0 atom stereocenters. The Kier molecular flexibility index (Phi) is 8.18. The topological polar surface area (TPSA) is 78.8 Å². The van der Waals surface area contributed by atoms with Gasteiger partial charge in [-0.25, -0.2) is 13.8 Å². The average Bonchev–Trinajstić information content (AvgIpc) is 2.78. The maximum Gasteiger partial charge on any atom is 0.264 e. The molecule has 1 amide bonds. The molecule has 172 valence electrons. The zero-order chi connectivity index (χ0) is 24.0. The Morgan fingerprint density at radius 3 is 2.33 bits per heavy atom. The van der Waals surface area contributed by atoms with Crippen LogP contribution in [0.5, 0.6) is 0 Å². The molecule has 3 aromatic rings. The van der Waals surface area contributed by atoms with E-state index in [0.29, 0.717) is 16.3 Å². The summed E-state index contributed by atoms with van der Waals surface area (Å²) in [5.41, 5.74) is 5.15. The van der Waals surface area contributed by atoms with Crippen LogP contribution in [-0.2, 0) is 14.8 Å². The number of sulfonamides is 1. The molecule has 33 heavy (non-hydrogen) atoms. The van der Waals surface area contributed by atoms with Crippen molar-refractivity contribution in [2.75, 3.05) is 17.1 Å². The summed E-state index contributed by atoms with van der Waals surface area (Å²) in [6.07, 6.45) is 3.50. The molecule has 1 N–H and O–H groups in total. The fourth-order valence-corrected chi connectivity index (χ4v) is 5.19. The van der Waals surface area contributed by atoms with Gasteiger partial charge in [0.2, 0.25) is 0 Å². The lowest BCUT2D eigenvalue weighted by atomic mass is 10.2. The van der Waals surface area contributed by atoms with Gasteiger partial charge in [-0.05, 0) is 73.7 Å². The Hall–Kier alpha value is -2.81. The highest BCUT2D eigenvalue weighted by molar-refractivity contribution is 7.98. The first-order chi connectivity index (χ1) is 15.7. The number of carbonyl (C=O) groups excluding carboxylic acids is 1. The molecule has 3 aromatic carbocycles. The second kappa shape index (κ2) is 10.9. The van der Waals surface area contributed by atoms with E-state index in [4.69, 9.17) is 11.6 Å². The Balaban J connectivity index is 1.85. The van der Waals surface area contributed by atoms with Crippen molar-refractivity contribution in [2.45, 2.75) is 23.6 Å². The zero-order valence-electron chi connectivity index (χ0n) is 18.4. The molecule has 9 heteroatoms. The van der Waals surface area contributed by atoms with Crippen LogP contribution < -0.4 is 9.73 Å². The third-order valence-corrected chi connectivity index (χ3v) is 7.60. The third-order valence-electron chi connectivity index (χ3n) is 4.84. The number of aryl methyl sites for hydroxylation is 2. The van der Waals surface area contributed by atoms with E-state index in [-0.39, 0.29) is 4.90 Å². The average molecular weight is 502 g/mol. The van der Waals surface area contributed by atoms with Gasteiger partial charge in [0, 0.05) is 9.92 Å². The van der Waals surface area contributed by atoms with E-state index in [1.54, 1.807) is 49.0 Å². The first-order valence-electron chi connectivity index (χ1n) is 10.0. The molecule has 0 aliphatic carbocycles. The molecule has 0 unspecified atom stereocenters. The summed E-state index contributed by atoms with van der Waals surface area (Å²) in [5.74, 6) is -0.572. The van der Waals surface area contributed by atoms with Crippen LogP contribution in [-0.4, -0.2) is 33.3 Å². The van der Waals surface area contributed by atoms with Gasteiger partial charge in [0.1, 0.15) is 6.54 Å². The minimum atomic E-state index is -4.01. The first kappa shape index (κ1) is 24.8. The highest BCUT2D eigenvalue weighted by atomic mass is 35.5. The number of anilines is 1. The number of rotatable bonds is 8. The molecule has 0 spiro atoms. The monoisotopic (exact) mass is 501 g/mol. The van der Waals surface area contributed by atoms with E-state index in [0.717, 1.165) is 20.3 Å². The second-order valence-corrected chi connectivity index (χ2v) is 10.5. The summed E-state index contributed by atoms with van der Waals surface area (Å²) in [6.45, 7) is 3.17. The number of hydrogen-bond donors (Lipinski definition) is 1. The summed E-state index contributed by atoms with van der Waals surface area (Å²) in [6, 6.07) is 19.0. The predicted octanol–water partition coefficient (Wildman–Crippen LogP) is 5.02. The second-order valence-electron chi connectivity index (χ2n) is 7.32. The standard InChI is InChI=1S/C24H24ClN3O3S2/c1-17-4-11-22(12-5-17)33(30,31)28(23-13-8-20(25)14-18(23)2)16-24(29)27-26-15-19-6-9-21(32-3)10-7-19/h4-15H,16H2,1-3H3,(H,27,29)/b26-15-. The van der Waals surface area contributed by atoms with Crippen molar-refractivity contribution in [3.63, 3.8) is 0 Å². The van der Waals surface area contributed by atoms with Crippen LogP contribution >= 0.6 is 23.4 Å².